The minimum atomic E-state index is 0.421. The number of aromatic nitrogens is 3. The highest BCUT2D eigenvalue weighted by Crippen LogP contribution is 2.07. The minimum Gasteiger partial charge on any atom is -0.384 e. The fourth-order valence-corrected chi connectivity index (χ4v) is 1.64. The van der Waals surface area contributed by atoms with Crippen LogP contribution in [0.4, 0.5) is 0 Å². The van der Waals surface area contributed by atoms with E-state index in [1.807, 2.05) is 11.6 Å². The summed E-state index contributed by atoms with van der Waals surface area (Å²) >= 11 is 0. The molecule has 0 unspecified atom stereocenters. The molecule has 0 bridgehead atoms. The van der Waals surface area contributed by atoms with Gasteiger partial charge in [0.05, 0.1) is 18.0 Å². The van der Waals surface area contributed by atoms with E-state index < -0.39 is 0 Å². The second-order valence-electron chi connectivity index (χ2n) is 3.70. The lowest BCUT2D eigenvalue weighted by atomic mass is 10.2. The molecule has 0 fully saturated rings. The highest BCUT2D eigenvalue weighted by molar-refractivity contribution is 5.10. The first-order chi connectivity index (χ1) is 8.33. The van der Waals surface area contributed by atoms with Crippen molar-refractivity contribution in [3.63, 3.8) is 0 Å². The van der Waals surface area contributed by atoms with Crippen LogP contribution in [0, 0.1) is 0 Å². The third kappa shape index (κ3) is 4.41. The van der Waals surface area contributed by atoms with E-state index in [4.69, 9.17) is 15.2 Å². The van der Waals surface area contributed by atoms with Gasteiger partial charge in [0.15, 0.2) is 0 Å². The first-order valence-electron chi connectivity index (χ1n) is 6.01. The predicted molar refractivity (Wildman–Crippen MR) is 64.6 cm³/mol. The van der Waals surface area contributed by atoms with Crippen LogP contribution in [-0.2, 0) is 29.0 Å². The van der Waals surface area contributed by atoms with Crippen molar-refractivity contribution in [2.24, 2.45) is 5.73 Å². The molecule has 6 heteroatoms. The second kappa shape index (κ2) is 8.16. The molecule has 1 rings (SSSR count). The van der Waals surface area contributed by atoms with Crippen LogP contribution in [0.3, 0.4) is 0 Å². The molecular formula is C11H22N4O2. The van der Waals surface area contributed by atoms with Gasteiger partial charge >= 0.3 is 0 Å². The lowest BCUT2D eigenvalue weighted by Crippen LogP contribution is -2.11. The quantitative estimate of drug-likeness (QED) is 0.632. The first kappa shape index (κ1) is 14.1. The second-order valence-corrected chi connectivity index (χ2v) is 3.70. The zero-order valence-electron chi connectivity index (χ0n) is 10.7. The van der Waals surface area contributed by atoms with E-state index in [0.29, 0.717) is 13.2 Å². The maximum atomic E-state index is 5.63. The monoisotopic (exact) mass is 242 g/mol. The lowest BCUT2D eigenvalue weighted by molar-refractivity contribution is 0.140. The Morgan fingerprint density at radius 2 is 2.18 bits per heavy atom. The third-order valence-corrected chi connectivity index (χ3v) is 2.52. The fourth-order valence-electron chi connectivity index (χ4n) is 1.64. The van der Waals surface area contributed by atoms with Crippen molar-refractivity contribution in [2.45, 2.75) is 32.9 Å². The van der Waals surface area contributed by atoms with E-state index in [2.05, 4.69) is 10.3 Å². The Kier molecular flexibility index (Phi) is 6.76. The first-order valence-corrected chi connectivity index (χ1v) is 6.01. The summed E-state index contributed by atoms with van der Waals surface area (Å²) in [5.41, 5.74) is 7.57. The summed E-state index contributed by atoms with van der Waals surface area (Å²) in [5, 5.41) is 8.19. The van der Waals surface area contributed by atoms with Crippen LogP contribution in [-0.4, -0.2) is 41.9 Å². The Morgan fingerprint density at radius 1 is 1.35 bits per heavy atom. The average Bonchev–Trinajstić information content (AvgIpc) is 2.74. The van der Waals surface area contributed by atoms with E-state index >= 15 is 0 Å². The molecule has 0 saturated heterocycles. The topological polar surface area (TPSA) is 75.2 Å². The van der Waals surface area contributed by atoms with Crippen molar-refractivity contribution in [3.8, 4) is 0 Å². The maximum Gasteiger partial charge on any atom is 0.0995 e. The smallest absolute Gasteiger partial charge is 0.0995 e. The number of nitrogens with zero attached hydrogens (tertiary/aromatic N) is 3. The third-order valence-electron chi connectivity index (χ3n) is 2.52. The van der Waals surface area contributed by atoms with Crippen LogP contribution in [0.5, 0.6) is 0 Å². The van der Waals surface area contributed by atoms with Crippen molar-refractivity contribution < 1.29 is 9.47 Å². The van der Waals surface area contributed by atoms with Crippen LogP contribution in [0.2, 0.25) is 0 Å². The van der Waals surface area contributed by atoms with E-state index in [-0.39, 0.29) is 0 Å². The van der Waals surface area contributed by atoms with Crippen LogP contribution in [0.25, 0.3) is 0 Å². The Labute approximate surface area is 102 Å². The molecule has 0 amide bonds. The summed E-state index contributed by atoms with van der Waals surface area (Å²) in [5.74, 6) is 0. The average molecular weight is 242 g/mol. The number of hydrogen-bond acceptors (Lipinski definition) is 5. The molecule has 0 radical (unpaired) electrons. The van der Waals surface area contributed by atoms with Gasteiger partial charge in [0.25, 0.3) is 0 Å². The molecule has 0 atom stereocenters. The molecule has 1 heterocycles. The number of rotatable bonds is 9. The highest BCUT2D eigenvalue weighted by atomic mass is 16.5. The number of hydrogen-bond donors (Lipinski definition) is 1. The molecule has 98 valence electrons. The van der Waals surface area contributed by atoms with Gasteiger partial charge in [-0.2, -0.15) is 0 Å². The molecule has 1 aromatic rings. The molecule has 2 N–H and O–H groups in total. The minimum absolute atomic E-state index is 0.421. The van der Waals surface area contributed by atoms with Gasteiger partial charge in [-0.3, -0.25) is 0 Å². The van der Waals surface area contributed by atoms with Gasteiger partial charge in [0.2, 0.25) is 0 Å². The molecular weight excluding hydrogens is 220 g/mol. The van der Waals surface area contributed by atoms with E-state index in [1.54, 1.807) is 7.11 Å². The zero-order chi connectivity index (χ0) is 12.5. The van der Waals surface area contributed by atoms with Gasteiger partial charge < -0.3 is 15.2 Å². The maximum absolute atomic E-state index is 5.63. The largest absolute Gasteiger partial charge is 0.384 e. The number of nitrogens with two attached hydrogens (primary N) is 1. The summed E-state index contributed by atoms with van der Waals surface area (Å²) < 4.78 is 12.3. The fraction of sp³-hybridized carbons (Fsp3) is 0.818. The summed E-state index contributed by atoms with van der Waals surface area (Å²) in [4.78, 5) is 0. The summed E-state index contributed by atoms with van der Waals surface area (Å²) in [6, 6.07) is 0. The Bertz CT molecular complexity index is 314. The van der Waals surface area contributed by atoms with E-state index in [1.165, 1.54) is 0 Å². The SMILES string of the molecule is CCOCCCn1nnc(CN)c1CCOC. The van der Waals surface area contributed by atoms with E-state index in [9.17, 15) is 0 Å². The van der Waals surface area contributed by atoms with Crippen LogP contribution < -0.4 is 5.73 Å². The van der Waals surface area contributed by atoms with Gasteiger partial charge in [-0.25, -0.2) is 4.68 Å². The normalized spacial score (nSPS) is 11.0. The van der Waals surface area contributed by atoms with Crippen LogP contribution in [0.1, 0.15) is 24.7 Å². The molecule has 0 aliphatic carbocycles. The molecule has 0 saturated carbocycles. The summed E-state index contributed by atoms with van der Waals surface area (Å²) in [6.45, 7) is 5.38. The van der Waals surface area contributed by atoms with E-state index in [0.717, 1.165) is 44.0 Å². The van der Waals surface area contributed by atoms with Crippen LogP contribution in [0.15, 0.2) is 0 Å². The number of methoxy groups -OCH3 is 1. The predicted octanol–water partition coefficient (Wildman–Crippen LogP) is 0.352. The van der Waals surface area contributed by atoms with Crippen molar-refractivity contribution >= 4 is 0 Å². The molecule has 1 aromatic heterocycles. The summed E-state index contributed by atoms with van der Waals surface area (Å²) in [7, 11) is 1.69. The van der Waals surface area contributed by atoms with Crippen LogP contribution >= 0.6 is 0 Å². The molecule has 17 heavy (non-hydrogen) atoms. The van der Waals surface area contributed by atoms with Gasteiger partial charge in [-0.15, -0.1) is 5.10 Å². The summed E-state index contributed by atoms with van der Waals surface area (Å²) in [6.07, 6.45) is 1.73. The number of aryl methyl sites for hydroxylation is 1. The van der Waals surface area contributed by atoms with Gasteiger partial charge in [0, 0.05) is 39.8 Å². The van der Waals surface area contributed by atoms with Crippen molar-refractivity contribution in [3.05, 3.63) is 11.4 Å². The lowest BCUT2D eigenvalue weighted by Gasteiger charge is -2.07. The molecule has 0 aliphatic heterocycles. The Balaban J connectivity index is 2.53. The van der Waals surface area contributed by atoms with Crippen molar-refractivity contribution in [2.75, 3.05) is 26.9 Å². The molecule has 0 aromatic carbocycles. The standard InChI is InChI=1S/C11H22N4O2/c1-3-17-7-4-6-15-11(5-8-16-2)10(9-12)13-14-15/h3-9,12H2,1-2H3. The highest BCUT2D eigenvalue weighted by Gasteiger charge is 2.10. The Hall–Kier alpha value is -0.980. The van der Waals surface area contributed by atoms with Gasteiger partial charge in [-0.05, 0) is 13.3 Å². The zero-order valence-corrected chi connectivity index (χ0v) is 10.7. The van der Waals surface area contributed by atoms with Crippen molar-refractivity contribution in [1.82, 2.24) is 15.0 Å². The Morgan fingerprint density at radius 3 is 2.82 bits per heavy atom. The molecule has 0 aliphatic rings. The molecule has 0 spiro atoms. The number of ether oxygens (including phenoxy) is 2. The molecule has 6 nitrogen and oxygen atoms in total. The van der Waals surface area contributed by atoms with Gasteiger partial charge in [0.1, 0.15) is 0 Å². The van der Waals surface area contributed by atoms with Gasteiger partial charge in [-0.1, -0.05) is 5.21 Å². The van der Waals surface area contributed by atoms with Crippen molar-refractivity contribution in [1.29, 1.82) is 0 Å².